The van der Waals surface area contributed by atoms with Gasteiger partial charge in [0, 0.05) is 17.5 Å². The summed E-state index contributed by atoms with van der Waals surface area (Å²) in [4.78, 5) is 0. The number of alkyl halides is 1. The van der Waals surface area contributed by atoms with E-state index in [-0.39, 0.29) is 11.1 Å². The zero-order valence-corrected chi connectivity index (χ0v) is 14.8. The van der Waals surface area contributed by atoms with Crippen molar-refractivity contribution >= 4 is 0 Å². The molecule has 3 unspecified atom stereocenters. The maximum atomic E-state index is 15.1. The lowest BCUT2D eigenvalue weighted by atomic mass is 9.86. The number of aromatic nitrogens is 2. The molecule has 0 amide bonds. The van der Waals surface area contributed by atoms with Crippen molar-refractivity contribution in [3.05, 3.63) is 46.8 Å². The number of benzene rings is 1. The third-order valence-corrected chi connectivity index (χ3v) is 5.44. The van der Waals surface area contributed by atoms with Gasteiger partial charge in [-0.25, -0.2) is 17.9 Å². The van der Waals surface area contributed by atoms with Crippen molar-refractivity contribution in [2.45, 2.75) is 64.5 Å². The van der Waals surface area contributed by atoms with Crippen molar-refractivity contribution < 1.29 is 13.2 Å². The molecule has 1 saturated carbocycles. The quantitative estimate of drug-likeness (QED) is 0.669. The van der Waals surface area contributed by atoms with Crippen LogP contribution in [0.15, 0.2) is 18.2 Å². The van der Waals surface area contributed by atoms with Gasteiger partial charge < -0.3 is 0 Å². The highest BCUT2D eigenvalue weighted by molar-refractivity contribution is 5.47. The first-order valence-electron chi connectivity index (χ1n) is 8.97. The van der Waals surface area contributed by atoms with Gasteiger partial charge in [0.15, 0.2) is 5.82 Å². The summed E-state index contributed by atoms with van der Waals surface area (Å²) in [5.41, 5.74) is 2.43. The maximum Gasteiger partial charge on any atom is 0.151 e. The summed E-state index contributed by atoms with van der Waals surface area (Å²) >= 11 is 0. The van der Waals surface area contributed by atoms with Crippen molar-refractivity contribution in [3.63, 3.8) is 0 Å². The van der Waals surface area contributed by atoms with E-state index in [1.807, 2.05) is 20.8 Å². The fourth-order valence-corrected chi connectivity index (χ4v) is 4.47. The fraction of sp³-hybridized carbons (Fsp3) is 0.550. The van der Waals surface area contributed by atoms with Gasteiger partial charge in [-0.1, -0.05) is 20.8 Å². The van der Waals surface area contributed by atoms with E-state index in [1.54, 1.807) is 4.68 Å². The standard InChI is InChI=1S/C20H23F3N2/c1-20(2,3)10-15(23)18-17-11-4-5-12(8-11)19(17)25(24-18)16-7-6-13(21)9-14(16)22/h6-7,9,11-12,15H,4-5,8,10H2,1-3H3. The Bertz CT molecular complexity index is 819. The minimum absolute atomic E-state index is 0.158. The van der Waals surface area contributed by atoms with Crippen LogP contribution in [0.25, 0.3) is 5.69 Å². The van der Waals surface area contributed by atoms with Crippen molar-refractivity contribution in [2.24, 2.45) is 5.41 Å². The summed E-state index contributed by atoms with van der Waals surface area (Å²) in [6, 6.07) is 3.48. The zero-order valence-electron chi connectivity index (χ0n) is 14.8. The average Bonchev–Trinajstić information content (AvgIpc) is 3.17. The van der Waals surface area contributed by atoms with Crippen LogP contribution in [0.1, 0.15) is 81.4 Å². The van der Waals surface area contributed by atoms with E-state index in [2.05, 4.69) is 5.10 Å². The predicted octanol–water partition coefficient (Wildman–Crippen LogP) is 5.96. The molecule has 2 nitrogen and oxygen atoms in total. The predicted molar refractivity (Wildman–Crippen MR) is 90.7 cm³/mol. The third kappa shape index (κ3) is 2.77. The Morgan fingerprint density at radius 1 is 1.20 bits per heavy atom. The zero-order chi connectivity index (χ0) is 17.9. The van der Waals surface area contributed by atoms with Gasteiger partial charge in [0.2, 0.25) is 0 Å². The molecule has 1 heterocycles. The summed E-state index contributed by atoms with van der Waals surface area (Å²) in [5.74, 6) is -0.660. The molecular formula is C20H23F3N2. The molecule has 1 aromatic carbocycles. The molecule has 0 saturated heterocycles. The molecule has 2 aliphatic carbocycles. The molecule has 5 heteroatoms. The summed E-state index contributed by atoms with van der Waals surface area (Å²) in [6.07, 6.45) is 2.27. The minimum atomic E-state index is -1.17. The highest BCUT2D eigenvalue weighted by Gasteiger charge is 2.44. The molecule has 134 valence electrons. The molecule has 0 spiro atoms. The van der Waals surface area contributed by atoms with Gasteiger partial charge in [-0.3, -0.25) is 0 Å². The van der Waals surface area contributed by atoms with E-state index in [1.165, 1.54) is 12.1 Å². The van der Waals surface area contributed by atoms with Crippen LogP contribution in [0.3, 0.4) is 0 Å². The number of rotatable bonds is 3. The Morgan fingerprint density at radius 3 is 2.60 bits per heavy atom. The van der Waals surface area contributed by atoms with Gasteiger partial charge in [0.05, 0.1) is 5.69 Å². The van der Waals surface area contributed by atoms with Gasteiger partial charge >= 0.3 is 0 Å². The van der Waals surface area contributed by atoms with Crippen LogP contribution >= 0.6 is 0 Å². The average molecular weight is 348 g/mol. The number of hydrogen-bond acceptors (Lipinski definition) is 1. The molecule has 0 aliphatic heterocycles. The first kappa shape index (κ1) is 16.7. The molecule has 2 aromatic rings. The summed E-state index contributed by atoms with van der Waals surface area (Å²) < 4.78 is 44.2. The van der Waals surface area contributed by atoms with E-state index in [9.17, 15) is 8.78 Å². The Kier molecular flexibility index (Phi) is 3.74. The Morgan fingerprint density at radius 2 is 1.92 bits per heavy atom. The monoisotopic (exact) mass is 348 g/mol. The summed E-state index contributed by atoms with van der Waals surface area (Å²) in [5, 5.41) is 4.50. The van der Waals surface area contributed by atoms with Gasteiger partial charge in [0.1, 0.15) is 23.4 Å². The van der Waals surface area contributed by atoms with Crippen LogP contribution in [0.2, 0.25) is 0 Å². The van der Waals surface area contributed by atoms with Gasteiger partial charge in [-0.05, 0) is 49.1 Å². The highest BCUT2D eigenvalue weighted by Crippen LogP contribution is 2.56. The molecule has 0 radical (unpaired) electrons. The third-order valence-electron chi connectivity index (χ3n) is 5.44. The molecule has 4 rings (SSSR count). The van der Waals surface area contributed by atoms with E-state index in [4.69, 9.17) is 0 Å². The van der Waals surface area contributed by atoms with Crippen LogP contribution in [-0.4, -0.2) is 9.78 Å². The number of fused-ring (bicyclic) bond motifs is 5. The molecule has 25 heavy (non-hydrogen) atoms. The Balaban J connectivity index is 1.84. The molecule has 0 N–H and O–H groups in total. The van der Waals surface area contributed by atoms with Crippen molar-refractivity contribution in [3.8, 4) is 5.69 Å². The van der Waals surface area contributed by atoms with Crippen LogP contribution in [-0.2, 0) is 0 Å². The molecular weight excluding hydrogens is 325 g/mol. The lowest BCUT2D eigenvalue weighted by molar-refractivity contribution is 0.221. The summed E-state index contributed by atoms with van der Waals surface area (Å²) in [7, 11) is 0. The second-order valence-corrected chi connectivity index (χ2v) is 8.63. The van der Waals surface area contributed by atoms with E-state index < -0.39 is 17.8 Å². The van der Waals surface area contributed by atoms with Crippen LogP contribution < -0.4 is 0 Å². The second-order valence-electron chi connectivity index (χ2n) is 8.63. The van der Waals surface area contributed by atoms with Crippen molar-refractivity contribution in [1.82, 2.24) is 9.78 Å². The Labute approximate surface area is 146 Å². The van der Waals surface area contributed by atoms with E-state index >= 15 is 4.39 Å². The van der Waals surface area contributed by atoms with Crippen LogP contribution in [0.4, 0.5) is 13.2 Å². The number of hydrogen-bond donors (Lipinski definition) is 0. The van der Waals surface area contributed by atoms with Crippen molar-refractivity contribution in [2.75, 3.05) is 0 Å². The molecule has 2 aliphatic rings. The molecule has 2 bridgehead atoms. The largest absolute Gasteiger partial charge is 0.240 e. The summed E-state index contributed by atoms with van der Waals surface area (Å²) in [6.45, 7) is 6.01. The normalized spacial score (nSPS) is 23.1. The van der Waals surface area contributed by atoms with E-state index in [0.29, 0.717) is 24.0 Å². The van der Waals surface area contributed by atoms with Gasteiger partial charge in [-0.2, -0.15) is 5.10 Å². The van der Waals surface area contributed by atoms with Crippen LogP contribution in [0.5, 0.6) is 0 Å². The lowest BCUT2D eigenvalue weighted by Gasteiger charge is -2.21. The first-order valence-corrected chi connectivity index (χ1v) is 8.97. The van der Waals surface area contributed by atoms with Crippen molar-refractivity contribution in [1.29, 1.82) is 0 Å². The number of halogens is 3. The Hall–Kier alpha value is -1.78. The van der Waals surface area contributed by atoms with Crippen LogP contribution in [0, 0.1) is 17.0 Å². The SMILES string of the molecule is CC(C)(C)CC(F)c1nn(-c2ccc(F)cc2F)c2c1C1CCC2C1. The maximum absolute atomic E-state index is 15.1. The van der Waals surface area contributed by atoms with Gasteiger partial charge in [-0.15, -0.1) is 0 Å². The fourth-order valence-electron chi connectivity index (χ4n) is 4.47. The topological polar surface area (TPSA) is 17.8 Å². The first-order chi connectivity index (χ1) is 11.7. The highest BCUT2D eigenvalue weighted by atomic mass is 19.1. The lowest BCUT2D eigenvalue weighted by Crippen LogP contribution is -2.11. The smallest absolute Gasteiger partial charge is 0.151 e. The minimum Gasteiger partial charge on any atom is -0.240 e. The van der Waals surface area contributed by atoms with Gasteiger partial charge in [0.25, 0.3) is 0 Å². The molecule has 3 atom stereocenters. The second kappa shape index (κ2) is 5.61. The molecule has 1 aromatic heterocycles. The molecule has 1 fully saturated rings. The van der Waals surface area contributed by atoms with E-state index in [0.717, 1.165) is 36.6 Å². The number of nitrogens with zero attached hydrogens (tertiary/aromatic N) is 2.